The minimum atomic E-state index is -0.252. The van der Waals surface area contributed by atoms with Crippen molar-refractivity contribution in [2.24, 2.45) is 5.92 Å². The number of nitrogens with zero attached hydrogens (tertiary/aromatic N) is 2. The Hall–Kier alpha value is -2.55. The van der Waals surface area contributed by atoms with Crippen LogP contribution in [0.2, 0.25) is 0 Å². The molecule has 190 valence electrons. The van der Waals surface area contributed by atoms with E-state index in [9.17, 15) is 14.4 Å². The van der Waals surface area contributed by atoms with Gasteiger partial charge in [-0.15, -0.1) is 11.8 Å². The van der Waals surface area contributed by atoms with Gasteiger partial charge >= 0.3 is 0 Å². The molecule has 1 aromatic rings. The lowest BCUT2D eigenvalue weighted by atomic mass is 10.1. The Labute approximate surface area is 221 Å². The highest BCUT2D eigenvalue weighted by Crippen LogP contribution is 2.38. The van der Waals surface area contributed by atoms with Gasteiger partial charge in [-0.05, 0) is 74.8 Å². The average molecular weight is 527 g/mol. The highest BCUT2D eigenvalue weighted by atomic mass is 35.5. The van der Waals surface area contributed by atoms with Gasteiger partial charge in [0, 0.05) is 41.8 Å². The molecular formula is C27H31ClN4O3S. The number of thioether (sulfide) groups is 1. The molecule has 4 unspecified atom stereocenters. The maximum absolute atomic E-state index is 12.7. The molecule has 2 fully saturated rings. The summed E-state index contributed by atoms with van der Waals surface area (Å²) in [5.41, 5.74) is 2.63. The number of likely N-dealkylation sites (tertiary alicyclic amines) is 1. The standard InChI is InChI=1S/C27H31ClN4O3S/c1-17(31-10-2-3-11-31)26(34)30-21-6-8-22(9-7-21)32-16-18(12-25(32)33)15-29-27(35)24-13-19-4-5-20(28)14-23(19)36-24/h4-9,13-14,17-18,23-24H,2-3,10-12,15-16H2,1H3,(H,29,35)(H,30,34). The van der Waals surface area contributed by atoms with Crippen LogP contribution in [-0.4, -0.2) is 65.3 Å². The minimum Gasteiger partial charge on any atom is -0.355 e. The number of halogens is 1. The van der Waals surface area contributed by atoms with Crippen LogP contribution in [0.25, 0.3) is 0 Å². The predicted molar refractivity (Wildman–Crippen MR) is 145 cm³/mol. The molecule has 0 radical (unpaired) electrons. The van der Waals surface area contributed by atoms with E-state index < -0.39 is 0 Å². The summed E-state index contributed by atoms with van der Waals surface area (Å²) in [6, 6.07) is 7.25. The number of amides is 3. The molecule has 3 amide bonds. The molecule has 2 saturated heterocycles. The number of nitrogens with one attached hydrogen (secondary N) is 2. The SMILES string of the molecule is CC(C(=O)Nc1ccc(N2CC(CNC(=O)C3C=C4C=CC(Cl)=CC4S3)CC2=O)cc1)N1CCCC1. The van der Waals surface area contributed by atoms with Crippen LogP contribution in [0.15, 0.2) is 59.2 Å². The van der Waals surface area contributed by atoms with Gasteiger partial charge in [0.1, 0.15) is 5.25 Å². The van der Waals surface area contributed by atoms with Crippen molar-refractivity contribution in [3.05, 3.63) is 59.2 Å². The number of hydrogen-bond acceptors (Lipinski definition) is 5. The number of carbonyl (C=O) groups excluding carboxylic acids is 3. The highest BCUT2D eigenvalue weighted by Gasteiger charge is 2.34. The van der Waals surface area contributed by atoms with Crippen LogP contribution in [0.3, 0.4) is 0 Å². The van der Waals surface area contributed by atoms with E-state index in [-0.39, 0.29) is 40.2 Å². The van der Waals surface area contributed by atoms with E-state index >= 15 is 0 Å². The van der Waals surface area contributed by atoms with Crippen molar-refractivity contribution in [1.82, 2.24) is 10.2 Å². The van der Waals surface area contributed by atoms with Crippen LogP contribution in [0, 0.1) is 5.92 Å². The Morgan fingerprint density at radius 1 is 1.14 bits per heavy atom. The maximum Gasteiger partial charge on any atom is 0.241 e. The summed E-state index contributed by atoms with van der Waals surface area (Å²) in [6.07, 6.45) is 10.4. The van der Waals surface area contributed by atoms with E-state index in [1.165, 1.54) is 0 Å². The number of fused-ring (bicyclic) bond motifs is 1. The molecule has 2 N–H and O–H groups in total. The second-order valence-corrected chi connectivity index (χ2v) is 11.5. The van der Waals surface area contributed by atoms with Gasteiger partial charge in [-0.2, -0.15) is 0 Å². The van der Waals surface area contributed by atoms with Crippen LogP contribution >= 0.6 is 23.4 Å². The van der Waals surface area contributed by atoms with Crippen molar-refractivity contribution in [3.63, 3.8) is 0 Å². The van der Waals surface area contributed by atoms with Gasteiger partial charge in [-0.1, -0.05) is 23.8 Å². The molecule has 9 heteroatoms. The van der Waals surface area contributed by atoms with E-state index in [1.807, 2.05) is 55.5 Å². The molecule has 7 nitrogen and oxygen atoms in total. The lowest BCUT2D eigenvalue weighted by molar-refractivity contribution is -0.121. The number of hydrogen-bond donors (Lipinski definition) is 2. The van der Waals surface area contributed by atoms with Crippen molar-refractivity contribution >= 4 is 52.5 Å². The van der Waals surface area contributed by atoms with Gasteiger partial charge in [0.15, 0.2) is 0 Å². The summed E-state index contributed by atoms with van der Waals surface area (Å²) < 4.78 is 0. The van der Waals surface area contributed by atoms with E-state index in [1.54, 1.807) is 16.7 Å². The van der Waals surface area contributed by atoms with E-state index in [2.05, 4.69) is 15.5 Å². The van der Waals surface area contributed by atoms with Gasteiger partial charge < -0.3 is 15.5 Å². The predicted octanol–water partition coefficient (Wildman–Crippen LogP) is 3.68. The quantitative estimate of drug-likeness (QED) is 0.566. The topological polar surface area (TPSA) is 81.8 Å². The van der Waals surface area contributed by atoms with E-state index in [4.69, 9.17) is 11.6 Å². The Bertz CT molecular complexity index is 1130. The van der Waals surface area contributed by atoms with Crippen molar-refractivity contribution < 1.29 is 14.4 Å². The molecule has 36 heavy (non-hydrogen) atoms. The first-order chi connectivity index (χ1) is 17.4. The first-order valence-corrected chi connectivity index (χ1v) is 13.8. The zero-order valence-electron chi connectivity index (χ0n) is 20.3. The summed E-state index contributed by atoms with van der Waals surface area (Å²) in [7, 11) is 0. The number of rotatable bonds is 7. The fourth-order valence-electron chi connectivity index (χ4n) is 5.12. The molecule has 0 spiro atoms. The number of anilines is 2. The van der Waals surface area contributed by atoms with Crippen LogP contribution in [0.1, 0.15) is 26.2 Å². The third kappa shape index (κ3) is 5.56. The second kappa shape index (κ2) is 10.8. The molecule has 0 aromatic heterocycles. The van der Waals surface area contributed by atoms with Gasteiger partial charge in [-0.25, -0.2) is 0 Å². The van der Waals surface area contributed by atoms with E-state index in [0.29, 0.717) is 24.5 Å². The molecule has 3 heterocycles. The lowest BCUT2D eigenvalue weighted by Crippen LogP contribution is -2.40. The summed E-state index contributed by atoms with van der Waals surface area (Å²) in [5, 5.41) is 6.58. The molecule has 4 aliphatic rings. The van der Waals surface area contributed by atoms with Crippen molar-refractivity contribution in [3.8, 4) is 0 Å². The van der Waals surface area contributed by atoms with Gasteiger partial charge in [0.2, 0.25) is 17.7 Å². The number of carbonyl (C=O) groups is 3. The van der Waals surface area contributed by atoms with E-state index in [0.717, 1.165) is 42.9 Å². The average Bonchev–Trinajstić information content (AvgIpc) is 3.62. The monoisotopic (exact) mass is 526 g/mol. The fraction of sp³-hybridized carbons (Fsp3) is 0.444. The largest absolute Gasteiger partial charge is 0.355 e. The smallest absolute Gasteiger partial charge is 0.241 e. The van der Waals surface area contributed by atoms with Crippen LogP contribution in [0.5, 0.6) is 0 Å². The summed E-state index contributed by atoms with van der Waals surface area (Å²) >= 11 is 7.65. The molecule has 1 aliphatic carbocycles. The Morgan fingerprint density at radius 2 is 1.89 bits per heavy atom. The Morgan fingerprint density at radius 3 is 2.64 bits per heavy atom. The van der Waals surface area contributed by atoms with Gasteiger partial charge in [0.05, 0.1) is 11.3 Å². The summed E-state index contributed by atoms with van der Waals surface area (Å²) in [5.74, 6) is 0.0526. The Kier molecular flexibility index (Phi) is 7.55. The van der Waals surface area contributed by atoms with Gasteiger partial charge in [-0.3, -0.25) is 19.3 Å². The third-order valence-corrected chi connectivity index (χ3v) is 8.85. The molecule has 0 bridgehead atoms. The zero-order valence-corrected chi connectivity index (χ0v) is 21.9. The number of benzene rings is 1. The molecule has 4 atom stereocenters. The van der Waals surface area contributed by atoms with Crippen molar-refractivity contribution in [2.75, 3.05) is 36.4 Å². The zero-order chi connectivity index (χ0) is 25.2. The van der Waals surface area contributed by atoms with Crippen LogP contribution < -0.4 is 15.5 Å². The lowest BCUT2D eigenvalue weighted by Gasteiger charge is -2.23. The van der Waals surface area contributed by atoms with Gasteiger partial charge in [0.25, 0.3) is 0 Å². The fourth-order valence-corrected chi connectivity index (χ4v) is 6.69. The highest BCUT2D eigenvalue weighted by molar-refractivity contribution is 8.02. The van der Waals surface area contributed by atoms with Crippen molar-refractivity contribution in [1.29, 1.82) is 0 Å². The number of allylic oxidation sites excluding steroid dienone is 3. The molecular weight excluding hydrogens is 496 g/mol. The summed E-state index contributed by atoms with van der Waals surface area (Å²) in [6.45, 7) is 4.89. The van der Waals surface area contributed by atoms with Crippen molar-refractivity contribution in [2.45, 2.75) is 42.7 Å². The molecule has 1 aromatic carbocycles. The second-order valence-electron chi connectivity index (χ2n) is 9.80. The van der Waals surface area contributed by atoms with Crippen LogP contribution in [0.4, 0.5) is 11.4 Å². The molecule has 5 rings (SSSR count). The maximum atomic E-state index is 12.7. The third-order valence-electron chi connectivity index (χ3n) is 7.25. The Balaban J connectivity index is 1.11. The first kappa shape index (κ1) is 25.1. The van der Waals surface area contributed by atoms with Crippen LogP contribution in [-0.2, 0) is 14.4 Å². The minimum absolute atomic E-state index is 0.0110. The normalized spacial score (nSPS) is 26.4. The summed E-state index contributed by atoms with van der Waals surface area (Å²) in [4.78, 5) is 41.9. The molecule has 0 saturated carbocycles. The molecule has 3 aliphatic heterocycles. The first-order valence-electron chi connectivity index (χ1n) is 12.5.